The highest BCUT2D eigenvalue weighted by Crippen LogP contribution is 2.45. The predicted molar refractivity (Wildman–Crippen MR) is 141 cm³/mol. The van der Waals surface area contributed by atoms with Crippen LogP contribution in [0, 0.1) is 23.2 Å². The highest BCUT2D eigenvalue weighted by molar-refractivity contribution is 5.94. The Kier molecular flexibility index (Phi) is 6.10. The standard InChI is InChI=1S/C28H27N7O3/c1-3-4-25(36)34-16-22(17-34)35-15-21(14-31-35)19-11-20(13-29)27-23(12-19)32-28-26(18(2)38-27)24(5-6-30-28)33-7-9-37-10-8-33/h5-6,11-12,14-15,18,22H,7-10,16-17H2,1-2H3,(H,30,32)/t18-/m0/s1. The Morgan fingerprint density at radius 2 is 2.03 bits per heavy atom. The number of anilines is 3. The first-order valence-electron chi connectivity index (χ1n) is 12.7. The largest absolute Gasteiger partial charge is 0.482 e. The van der Waals surface area contributed by atoms with Crippen LogP contribution in [0.25, 0.3) is 11.1 Å². The van der Waals surface area contributed by atoms with Gasteiger partial charge >= 0.3 is 0 Å². The van der Waals surface area contributed by atoms with Gasteiger partial charge in [0.2, 0.25) is 0 Å². The number of nitriles is 1. The van der Waals surface area contributed by atoms with Crippen molar-refractivity contribution in [3.8, 4) is 34.8 Å². The van der Waals surface area contributed by atoms with E-state index in [-0.39, 0.29) is 18.1 Å². The second-order valence-electron chi connectivity index (χ2n) is 9.54. The summed E-state index contributed by atoms with van der Waals surface area (Å²) in [7, 11) is 0. The van der Waals surface area contributed by atoms with Crippen LogP contribution in [0.4, 0.5) is 17.2 Å². The van der Waals surface area contributed by atoms with Gasteiger partial charge in [-0.25, -0.2) is 4.98 Å². The van der Waals surface area contributed by atoms with Gasteiger partial charge in [0, 0.05) is 49.8 Å². The minimum atomic E-state index is -0.312. The number of fused-ring (bicyclic) bond motifs is 2. The van der Waals surface area contributed by atoms with E-state index in [0.29, 0.717) is 49.1 Å². The van der Waals surface area contributed by atoms with Crippen molar-refractivity contribution in [2.75, 3.05) is 49.6 Å². The molecule has 0 saturated carbocycles. The van der Waals surface area contributed by atoms with Crippen LogP contribution < -0.4 is 15.0 Å². The van der Waals surface area contributed by atoms with Crippen molar-refractivity contribution in [3.05, 3.63) is 47.9 Å². The molecule has 10 heteroatoms. The molecule has 192 valence electrons. The Morgan fingerprint density at radius 1 is 1.21 bits per heavy atom. The molecule has 10 nitrogen and oxygen atoms in total. The quantitative estimate of drug-likeness (QED) is 0.536. The van der Waals surface area contributed by atoms with Crippen LogP contribution in [0.5, 0.6) is 5.75 Å². The lowest BCUT2D eigenvalue weighted by Gasteiger charge is -2.37. The molecule has 1 atom stereocenters. The molecule has 0 radical (unpaired) electrons. The van der Waals surface area contributed by atoms with Gasteiger partial charge in [-0.2, -0.15) is 10.4 Å². The molecule has 1 N–H and O–H groups in total. The second kappa shape index (κ2) is 9.73. The first kappa shape index (κ1) is 23.8. The molecule has 1 amide bonds. The third-order valence-electron chi connectivity index (χ3n) is 7.17. The zero-order valence-corrected chi connectivity index (χ0v) is 21.3. The number of nitrogens with zero attached hydrogens (tertiary/aromatic N) is 6. The summed E-state index contributed by atoms with van der Waals surface area (Å²) < 4.78 is 13.8. The maximum absolute atomic E-state index is 11.9. The van der Waals surface area contributed by atoms with E-state index >= 15 is 0 Å². The molecule has 1 aromatic carbocycles. The molecule has 3 aliphatic rings. The molecule has 0 aliphatic carbocycles. The normalized spacial score (nSPS) is 18.4. The van der Waals surface area contributed by atoms with E-state index < -0.39 is 0 Å². The van der Waals surface area contributed by atoms with E-state index in [9.17, 15) is 10.1 Å². The van der Waals surface area contributed by atoms with Gasteiger partial charge in [-0.1, -0.05) is 5.92 Å². The van der Waals surface area contributed by atoms with E-state index in [0.717, 1.165) is 35.5 Å². The van der Waals surface area contributed by atoms with Crippen molar-refractivity contribution in [3.63, 3.8) is 0 Å². The third-order valence-corrected chi connectivity index (χ3v) is 7.17. The summed E-state index contributed by atoms with van der Waals surface area (Å²) >= 11 is 0. The fourth-order valence-electron chi connectivity index (χ4n) is 5.17. The van der Waals surface area contributed by atoms with Crippen LogP contribution in [0.3, 0.4) is 0 Å². The van der Waals surface area contributed by atoms with Crippen LogP contribution in [0.2, 0.25) is 0 Å². The van der Waals surface area contributed by atoms with Crippen LogP contribution in [-0.2, 0) is 9.53 Å². The fraction of sp³-hybridized carbons (Fsp3) is 0.357. The molecular formula is C28H27N7O3. The van der Waals surface area contributed by atoms with E-state index in [4.69, 9.17) is 9.47 Å². The topological polar surface area (TPSA) is 109 Å². The minimum absolute atomic E-state index is 0.0969. The number of likely N-dealkylation sites (tertiary alicyclic amines) is 1. The van der Waals surface area contributed by atoms with Crippen molar-refractivity contribution >= 4 is 23.1 Å². The van der Waals surface area contributed by atoms with Gasteiger partial charge in [0.1, 0.15) is 18.0 Å². The molecule has 6 rings (SSSR count). The lowest BCUT2D eigenvalue weighted by atomic mass is 10.0. The number of rotatable bonds is 3. The predicted octanol–water partition coefficient (Wildman–Crippen LogP) is 3.26. The number of nitrogens with one attached hydrogen (secondary N) is 1. The number of pyridine rings is 1. The van der Waals surface area contributed by atoms with E-state index in [1.165, 1.54) is 0 Å². The molecule has 2 fully saturated rings. The van der Waals surface area contributed by atoms with Gasteiger partial charge in [0.25, 0.3) is 5.91 Å². The van der Waals surface area contributed by atoms with Crippen LogP contribution >= 0.6 is 0 Å². The number of hydrogen-bond donors (Lipinski definition) is 1. The zero-order chi connectivity index (χ0) is 26.2. The van der Waals surface area contributed by atoms with Gasteiger partial charge in [-0.15, -0.1) is 0 Å². The summed E-state index contributed by atoms with van der Waals surface area (Å²) in [6.07, 6.45) is 5.21. The maximum Gasteiger partial charge on any atom is 0.298 e. The highest BCUT2D eigenvalue weighted by Gasteiger charge is 2.32. The number of aromatic nitrogens is 3. The molecule has 0 spiro atoms. The molecule has 3 aromatic rings. The Hall–Kier alpha value is -4.54. The van der Waals surface area contributed by atoms with Crippen molar-refractivity contribution in [1.29, 1.82) is 5.26 Å². The number of hydrogen-bond acceptors (Lipinski definition) is 8. The number of carbonyl (C=O) groups is 1. The first-order chi connectivity index (χ1) is 18.6. The molecular weight excluding hydrogens is 482 g/mol. The average molecular weight is 510 g/mol. The second-order valence-corrected chi connectivity index (χ2v) is 9.54. The Morgan fingerprint density at radius 3 is 2.79 bits per heavy atom. The number of carbonyl (C=O) groups excluding carboxylic acids is 1. The number of benzene rings is 1. The van der Waals surface area contributed by atoms with Crippen molar-refractivity contribution in [2.24, 2.45) is 0 Å². The summed E-state index contributed by atoms with van der Waals surface area (Å²) in [5.74, 6) is 6.28. The zero-order valence-electron chi connectivity index (χ0n) is 21.3. The van der Waals surface area contributed by atoms with E-state index in [1.807, 2.05) is 36.0 Å². The van der Waals surface area contributed by atoms with Gasteiger partial charge in [0.05, 0.1) is 42.3 Å². The summed E-state index contributed by atoms with van der Waals surface area (Å²) in [6.45, 7) is 7.74. The molecule has 2 aromatic heterocycles. The molecule has 3 aliphatic heterocycles. The summed E-state index contributed by atoms with van der Waals surface area (Å²) in [6, 6.07) is 8.21. The smallest absolute Gasteiger partial charge is 0.298 e. The van der Waals surface area contributed by atoms with Gasteiger partial charge in [-0.3, -0.25) is 9.48 Å². The SMILES string of the molecule is CC#CC(=O)N1CC(n2cc(-c3cc(C#N)c4c(c3)Nc3nccc(N5CCOCC5)c3[C@H](C)O4)cn2)C1. The van der Waals surface area contributed by atoms with Crippen molar-refractivity contribution < 1.29 is 14.3 Å². The highest BCUT2D eigenvalue weighted by atomic mass is 16.5. The minimum Gasteiger partial charge on any atom is -0.482 e. The van der Waals surface area contributed by atoms with Crippen LogP contribution in [-0.4, -0.2) is 65.0 Å². The van der Waals surface area contributed by atoms with Gasteiger partial charge in [0.15, 0.2) is 5.75 Å². The summed E-state index contributed by atoms with van der Waals surface area (Å²) in [5, 5.41) is 18.0. The Bertz CT molecular complexity index is 1500. The van der Waals surface area contributed by atoms with Crippen molar-refractivity contribution in [1.82, 2.24) is 19.7 Å². The Labute approximate surface area is 220 Å². The average Bonchev–Trinajstić information content (AvgIpc) is 3.33. The fourth-order valence-corrected chi connectivity index (χ4v) is 5.17. The molecule has 5 heterocycles. The summed E-state index contributed by atoms with van der Waals surface area (Å²) in [4.78, 5) is 20.6. The van der Waals surface area contributed by atoms with Crippen LogP contribution in [0.1, 0.15) is 37.1 Å². The maximum atomic E-state index is 11.9. The van der Waals surface area contributed by atoms with Crippen LogP contribution in [0.15, 0.2) is 36.8 Å². The molecule has 38 heavy (non-hydrogen) atoms. The number of morpholine rings is 1. The monoisotopic (exact) mass is 509 g/mol. The molecule has 0 unspecified atom stereocenters. The number of ether oxygens (including phenoxy) is 2. The van der Waals surface area contributed by atoms with E-state index in [1.54, 1.807) is 24.2 Å². The number of amides is 1. The van der Waals surface area contributed by atoms with E-state index in [2.05, 4.69) is 38.2 Å². The Balaban J connectivity index is 1.30. The molecule has 2 saturated heterocycles. The third kappa shape index (κ3) is 4.19. The van der Waals surface area contributed by atoms with Gasteiger partial charge < -0.3 is 24.6 Å². The summed E-state index contributed by atoms with van der Waals surface area (Å²) in [5.41, 5.74) is 4.85. The lowest BCUT2D eigenvalue weighted by molar-refractivity contribution is -0.130. The van der Waals surface area contributed by atoms with Gasteiger partial charge in [-0.05, 0) is 43.5 Å². The molecule has 0 bridgehead atoms. The first-order valence-corrected chi connectivity index (χ1v) is 12.7. The van der Waals surface area contributed by atoms with Crippen molar-refractivity contribution in [2.45, 2.75) is 26.0 Å². The lowest BCUT2D eigenvalue weighted by Crippen LogP contribution is -2.50.